The number of carbonyl (C=O) groups excluding carboxylic acids is 1. The Bertz CT molecular complexity index is 405. The van der Waals surface area contributed by atoms with E-state index in [0.717, 1.165) is 12.8 Å². The lowest BCUT2D eigenvalue weighted by molar-refractivity contribution is 0.0948. The molecular formula is C12H21N5O. The van der Waals surface area contributed by atoms with Gasteiger partial charge >= 0.3 is 0 Å². The molecule has 0 bridgehead atoms. The normalized spacial score (nSPS) is 10.5. The number of hydrogen-bond donors (Lipinski definition) is 3. The molecule has 0 saturated carbocycles. The summed E-state index contributed by atoms with van der Waals surface area (Å²) in [5.74, 6) is 5.94. The molecule has 1 aromatic heterocycles. The Morgan fingerprint density at radius 2 is 2.22 bits per heavy atom. The molecule has 0 unspecified atom stereocenters. The molecule has 6 nitrogen and oxygen atoms in total. The number of nitrogens with zero attached hydrogens (tertiary/aromatic N) is 2. The number of rotatable bonds is 6. The van der Waals surface area contributed by atoms with Gasteiger partial charge in [0.25, 0.3) is 5.91 Å². The number of nitrogens with one attached hydrogen (secondary N) is 2. The van der Waals surface area contributed by atoms with E-state index in [2.05, 4.69) is 27.6 Å². The van der Waals surface area contributed by atoms with Gasteiger partial charge in [0.2, 0.25) is 0 Å². The molecule has 4 N–H and O–H groups in total. The molecular weight excluding hydrogens is 230 g/mol. The highest BCUT2D eigenvalue weighted by Crippen LogP contribution is 2.15. The first-order valence-electron chi connectivity index (χ1n) is 6.21. The van der Waals surface area contributed by atoms with E-state index in [0.29, 0.717) is 23.8 Å². The van der Waals surface area contributed by atoms with Crippen LogP contribution < -0.4 is 16.6 Å². The van der Waals surface area contributed by atoms with E-state index in [1.54, 1.807) is 0 Å². The van der Waals surface area contributed by atoms with Crippen molar-refractivity contribution in [2.75, 3.05) is 12.0 Å². The number of hydrazine groups is 1. The molecule has 0 aliphatic carbocycles. The van der Waals surface area contributed by atoms with Gasteiger partial charge in [-0.1, -0.05) is 27.2 Å². The van der Waals surface area contributed by atoms with Crippen molar-refractivity contribution in [1.82, 2.24) is 15.3 Å². The topological polar surface area (TPSA) is 92.9 Å². The second-order valence-electron chi connectivity index (χ2n) is 4.40. The Morgan fingerprint density at radius 3 is 2.78 bits per heavy atom. The second-order valence-corrected chi connectivity index (χ2v) is 4.40. The number of amides is 1. The van der Waals surface area contributed by atoms with Crippen LogP contribution >= 0.6 is 0 Å². The quantitative estimate of drug-likeness (QED) is 0.404. The number of nitrogen functional groups attached to an aromatic ring is 1. The highest BCUT2D eigenvalue weighted by atomic mass is 16.1. The van der Waals surface area contributed by atoms with Gasteiger partial charge in [-0.25, -0.2) is 9.97 Å². The maximum atomic E-state index is 12.0. The highest BCUT2D eigenvalue weighted by Gasteiger charge is 2.15. The predicted molar refractivity (Wildman–Crippen MR) is 71.2 cm³/mol. The van der Waals surface area contributed by atoms with Gasteiger partial charge in [-0.15, -0.1) is 0 Å². The largest absolute Gasteiger partial charge is 0.351 e. The number of anilines is 1. The maximum absolute atomic E-state index is 12.0. The van der Waals surface area contributed by atoms with Crippen molar-refractivity contribution < 1.29 is 4.79 Å². The van der Waals surface area contributed by atoms with Gasteiger partial charge in [0.15, 0.2) is 5.69 Å². The van der Waals surface area contributed by atoms with Crippen LogP contribution in [0.3, 0.4) is 0 Å². The van der Waals surface area contributed by atoms with E-state index in [1.165, 1.54) is 6.20 Å². The molecule has 0 saturated heterocycles. The summed E-state index contributed by atoms with van der Waals surface area (Å²) in [5.41, 5.74) is 3.18. The number of carbonyl (C=O) groups is 1. The van der Waals surface area contributed by atoms with Crippen LogP contribution in [-0.2, 0) is 0 Å². The molecule has 100 valence electrons. The summed E-state index contributed by atoms with van der Waals surface area (Å²) in [5, 5.41) is 2.82. The second kappa shape index (κ2) is 6.90. The zero-order chi connectivity index (χ0) is 13.5. The third-order valence-corrected chi connectivity index (χ3v) is 2.51. The molecule has 6 heteroatoms. The van der Waals surface area contributed by atoms with Crippen molar-refractivity contribution >= 4 is 11.6 Å². The molecule has 0 aliphatic rings. The van der Waals surface area contributed by atoms with Crippen LogP contribution in [0.4, 0.5) is 5.69 Å². The molecule has 18 heavy (non-hydrogen) atoms. The van der Waals surface area contributed by atoms with E-state index in [-0.39, 0.29) is 11.8 Å². The van der Waals surface area contributed by atoms with Crippen LogP contribution in [0.2, 0.25) is 0 Å². The minimum Gasteiger partial charge on any atom is -0.351 e. The Labute approximate surface area is 107 Å². The molecule has 0 fully saturated rings. The number of aromatic nitrogens is 2. The van der Waals surface area contributed by atoms with Gasteiger partial charge in [-0.05, 0) is 6.42 Å². The van der Waals surface area contributed by atoms with Crippen LogP contribution in [0, 0.1) is 0 Å². The van der Waals surface area contributed by atoms with Crippen molar-refractivity contribution in [3.8, 4) is 0 Å². The monoisotopic (exact) mass is 251 g/mol. The molecule has 0 radical (unpaired) electrons. The molecule has 1 rings (SSSR count). The summed E-state index contributed by atoms with van der Waals surface area (Å²) in [7, 11) is 0. The Morgan fingerprint density at radius 1 is 1.50 bits per heavy atom. The summed E-state index contributed by atoms with van der Waals surface area (Å²) in [6.45, 7) is 6.66. The van der Waals surface area contributed by atoms with Crippen LogP contribution in [0.5, 0.6) is 0 Å². The van der Waals surface area contributed by atoms with E-state index >= 15 is 0 Å². The smallest absolute Gasteiger partial charge is 0.272 e. The van der Waals surface area contributed by atoms with Crippen LogP contribution in [0.15, 0.2) is 6.20 Å². The Hall–Kier alpha value is -1.69. The van der Waals surface area contributed by atoms with E-state index in [9.17, 15) is 4.79 Å². The third kappa shape index (κ3) is 3.66. The van der Waals surface area contributed by atoms with Crippen molar-refractivity contribution in [3.05, 3.63) is 17.7 Å². The molecule has 0 atom stereocenters. The minimum absolute atomic E-state index is 0.166. The third-order valence-electron chi connectivity index (χ3n) is 2.51. The summed E-state index contributed by atoms with van der Waals surface area (Å²) in [6, 6.07) is 0. The van der Waals surface area contributed by atoms with Crippen LogP contribution in [0.25, 0.3) is 0 Å². The maximum Gasteiger partial charge on any atom is 0.272 e. The van der Waals surface area contributed by atoms with E-state index in [4.69, 9.17) is 5.84 Å². The highest BCUT2D eigenvalue weighted by molar-refractivity contribution is 5.97. The average molecular weight is 251 g/mol. The minimum atomic E-state index is -0.222. The molecule has 0 aliphatic heterocycles. The predicted octanol–water partition coefficient (Wildman–Crippen LogP) is 1.42. The van der Waals surface area contributed by atoms with Crippen molar-refractivity contribution in [2.45, 2.75) is 39.5 Å². The van der Waals surface area contributed by atoms with Gasteiger partial charge in [0, 0.05) is 12.5 Å². The van der Waals surface area contributed by atoms with Crippen molar-refractivity contribution in [3.63, 3.8) is 0 Å². The summed E-state index contributed by atoms with van der Waals surface area (Å²) < 4.78 is 0. The average Bonchev–Trinajstić information content (AvgIpc) is 2.38. The van der Waals surface area contributed by atoms with Crippen LogP contribution in [0.1, 0.15) is 55.8 Å². The molecule has 0 aromatic carbocycles. The van der Waals surface area contributed by atoms with E-state index in [1.807, 2.05) is 13.8 Å². The summed E-state index contributed by atoms with van der Waals surface area (Å²) >= 11 is 0. The molecule has 0 spiro atoms. The van der Waals surface area contributed by atoms with Gasteiger partial charge in [-0.2, -0.15) is 0 Å². The Balaban J connectivity index is 2.89. The number of nitrogens with two attached hydrogens (primary N) is 1. The van der Waals surface area contributed by atoms with Crippen molar-refractivity contribution in [2.24, 2.45) is 5.84 Å². The molecule has 1 aromatic rings. The Kier molecular flexibility index (Phi) is 5.51. The lowest BCUT2D eigenvalue weighted by Crippen LogP contribution is -2.28. The lowest BCUT2D eigenvalue weighted by Gasteiger charge is -2.11. The first-order valence-corrected chi connectivity index (χ1v) is 6.21. The fourth-order valence-electron chi connectivity index (χ4n) is 1.41. The molecule has 1 heterocycles. The zero-order valence-electron chi connectivity index (χ0n) is 11.2. The first-order chi connectivity index (χ1) is 8.60. The van der Waals surface area contributed by atoms with Gasteiger partial charge in [0.1, 0.15) is 5.82 Å². The number of hydrogen-bond acceptors (Lipinski definition) is 5. The van der Waals surface area contributed by atoms with Crippen LogP contribution in [-0.4, -0.2) is 22.4 Å². The fourth-order valence-corrected chi connectivity index (χ4v) is 1.41. The zero-order valence-corrected chi connectivity index (χ0v) is 11.2. The van der Waals surface area contributed by atoms with E-state index < -0.39 is 0 Å². The number of unbranched alkanes of at least 4 members (excludes halogenated alkanes) is 1. The standard InChI is InChI=1S/C12H21N5O/c1-4-5-6-14-12(18)10-9(17-13)7-15-11(16-10)8(2)3/h7-8,17H,4-6,13H2,1-3H3,(H,14,18). The fraction of sp³-hybridized carbons (Fsp3) is 0.583. The van der Waals surface area contributed by atoms with Gasteiger partial charge in [0.05, 0.1) is 11.9 Å². The van der Waals surface area contributed by atoms with Gasteiger partial charge in [-0.3, -0.25) is 10.6 Å². The SMILES string of the molecule is CCCCNC(=O)c1nc(C(C)C)ncc1NN. The summed E-state index contributed by atoms with van der Waals surface area (Å²) in [6.07, 6.45) is 3.51. The van der Waals surface area contributed by atoms with Gasteiger partial charge < -0.3 is 10.7 Å². The van der Waals surface area contributed by atoms with Crippen molar-refractivity contribution in [1.29, 1.82) is 0 Å². The molecule has 1 amide bonds. The summed E-state index contributed by atoms with van der Waals surface area (Å²) in [4.78, 5) is 20.4. The lowest BCUT2D eigenvalue weighted by atomic mass is 10.2. The first kappa shape index (κ1) is 14.4.